The summed E-state index contributed by atoms with van der Waals surface area (Å²) in [6.45, 7) is 0. The molecule has 3 aromatic rings. The Morgan fingerprint density at radius 3 is 2.68 bits per heavy atom. The molecule has 2 N–H and O–H groups in total. The Morgan fingerprint density at radius 2 is 1.95 bits per heavy atom. The van der Waals surface area contributed by atoms with Crippen LogP contribution in [0.15, 0.2) is 40.9 Å². The maximum atomic E-state index is 5.55. The molecule has 0 fully saturated rings. The molecule has 0 aliphatic carbocycles. The molecule has 4 nitrogen and oxygen atoms in total. The molecule has 0 saturated carbocycles. The third kappa shape index (κ3) is 3.12. The lowest BCUT2D eigenvalue weighted by molar-refractivity contribution is 1.02. The Labute approximate surface area is 122 Å². The summed E-state index contributed by atoms with van der Waals surface area (Å²) in [6.07, 6.45) is 1.92. The van der Waals surface area contributed by atoms with Crippen molar-refractivity contribution in [1.82, 2.24) is 15.2 Å². The SMILES string of the molecule is Nc1nnc(SCc2cnc(-c3ccccc3)s2)s1. The minimum absolute atomic E-state index is 0.511. The average molecular weight is 306 g/mol. The van der Waals surface area contributed by atoms with Crippen LogP contribution in [0.4, 0.5) is 5.13 Å². The van der Waals surface area contributed by atoms with Crippen LogP contribution in [-0.2, 0) is 5.75 Å². The van der Waals surface area contributed by atoms with E-state index in [9.17, 15) is 0 Å². The zero-order valence-corrected chi connectivity index (χ0v) is 12.3. The van der Waals surface area contributed by atoms with E-state index in [0.29, 0.717) is 5.13 Å². The van der Waals surface area contributed by atoms with Crippen LogP contribution >= 0.6 is 34.4 Å². The molecule has 0 unspecified atom stereocenters. The second-order valence-corrected chi connectivity index (χ2v) is 7.04. The normalized spacial score (nSPS) is 10.7. The molecule has 0 bridgehead atoms. The topological polar surface area (TPSA) is 64.7 Å². The summed E-state index contributed by atoms with van der Waals surface area (Å²) in [4.78, 5) is 5.67. The molecule has 0 aliphatic rings. The van der Waals surface area contributed by atoms with E-state index in [4.69, 9.17) is 5.73 Å². The number of benzene rings is 1. The van der Waals surface area contributed by atoms with E-state index in [1.54, 1.807) is 23.1 Å². The first kappa shape index (κ1) is 12.6. The fraction of sp³-hybridized carbons (Fsp3) is 0.0833. The lowest BCUT2D eigenvalue weighted by Crippen LogP contribution is -1.79. The molecule has 0 spiro atoms. The van der Waals surface area contributed by atoms with E-state index >= 15 is 0 Å². The maximum Gasteiger partial charge on any atom is 0.203 e. The van der Waals surface area contributed by atoms with Gasteiger partial charge in [0.25, 0.3) is 0 Å². The standard InChI is InChI=1S/C12H10N4S3/c13-11-15-16-12(19-11)17-7-9-6-14-10(18-9)8-4-2-1-3-5-8/h1-6H,7H2,(H2,13,15). The Bertz CT molecular complexity index is 662. The number of hydrogen-bond donors (Lipinski definition) is 1. The number of nitrogen functional groups attached to an aromatic ring is 1. The third-order valence-electron chi connectivity index (χ3n) is 2.33. The fourth-order valence-electron chi connectivity index (χ4n) is 1.50. The first-order valence-corrected chi connectivity index (χ1v) is 8.15. The second-order valence-electron chi connectivity index (χ2n) is 3.69. The minimum atomic E-state index is 0.511. The summed E-state index contributed by atoms with van der Waals surface area (Å²) < 4.78 is 0.896. The van der Waals surface area contributed by atoms with E-state index in [1.165, 1.54) is 16.2 Å². The number of nitrogens with two attached hydrogens (primary N) is 1. The van der Waals surface area contributed by atoms with Gasteiger partial charge < -0.3 is 5.73 Å². The van der Waals surface area contributed by atoms with Gasteiger partial charge in [0.05, 0.1) is 0 Å². The van der Waals surface area contributed by atoms with Crippen molar-refractivity contribution in [3.8, 4) is 10.6 Å². The first-order chi connectivity index (χ1) is 9.31. The van der Waals surface area contributed by atoms with E-state index in [0.717, 1.165) is 20.7 Å². The van der Waals surface area contributed by atoms with Crippen LogP contribution in [-0.4, -0.2) is 15.2 Å². The molecule has 3 rings (SSSR count). The zero-order chi connectivity index (χ0) is 13.1. The van der Waals surface area contributed by atoms with Crippen molar-refractivity contribution in [2.24, 2.45) is 0 Å². The van der Waals surface area contributed by atoms with Crippen LogP contribution in [0.5, 0.6) is 0 Å². The van der Waals surface area contributed by atoms with E-state index in [-0.39, 0.29) is 0 Å². The van der Waals surface area contributed by atoms with Crippen LogP contribution < -0.4 is 5.73 Å². The Morgan fingerprint density at radius 1 is 1.11 bits per heavy atom. The van der Waals surface area contributed by atoms with Crippen molar-refractivity contribution in [2.45, 2.75) is 10.1 Å². The van der Waals surface area contributed by atoms with Gasteiger partial charge in [0, 0.05) is 22.4 Å². The van der Waals surface area contributed by atoms with Crippen molar-refractivity contribution >= 4 is 39.6 Å². The molecule has 2 heterocycles. The van der Waals surface area contributed by atoms with Crippen LogP contribution in [0.3, 0.4) is 0 Å². The summed E-state index contributed by atoms with van der Waals surface area (Å²) in [7, 11) is 0. The smallest absolute Gasteiger partial charge is 0.203 e. The zero-order valence-electron chi connectivity index (χ0n) is 9.81. The van der Waals surface area contributed by atoms with Crippen LogP contribution in [0.2, 0.25) is 0 Å². The highest BCUT2D eigenvalue weighted by atomic mass is 32.2. The first-order valence-electron chi connectivity index (χ1n) is 5.53. The van der Waals surface area contributed by atoms with Crippen molar-refractivity contribution in [3.63, 3.8) is 0 Å². The molecule has 7 heteroatoms. The van der Waals surface area contributed by atoms with Gasteiger partial charge in [0.2, 0.25) is 5.13 Å². The molecular formula is C12H10N4S3. The lowest BCUT2D eigenvalue weighted by Gasteiger charge is -1.94. The van der Waals surface area contributed by atoms with Gasteiger partial charge in [-0.25, -0.2) is 4.98 Å². The lowest BCUT2D eigenvalue weighted by atomic mass is 10.2. The molecular weight excluding hydrogens is 296 g/mol. The number of rotatable bonds is 4. The highest BCUT2D eigenvalue weighted by molar-refractivity contribution is 8.00. The largest absolute Gasteiger partial charge is 0.374 e. The van der Waals surface area contributed by atoms with Gasteiger partial charge in [-0.15, -0.1) is 21.5 Å². The summed E-state index contributed by atoms with van der Waals surface area (Å²) >= 11 is 4.76. The summed E-state index contributed by atoms with van der Waals surface area (Å²) in [5, 5.41) is 9.34. The predicted molar refractivity (Wildman–Crippen MR) is 81.4 cm³/mol. The summed E-state index contributed by atoms with van der Waals surface area (Å²) in [6, 6.07) is 10.2. The maximum absolute atomic E-state index is 5.55. The molecule has 0 atom stereocenters. The molecule has 0 amide bonds. The highest BCUT2D eigenvalue weighted by Gasteiger charge is 2.07. The van der Waals surface area contributed by atoms with Crippen molar-refractivity contribution in [1.29, 1.82) is 0 Å². The van der Waals surface area contributed by atoms with Crippen LogP contribution in [0.25, 0.3) is 10.6 Å². The molecule has 96 valence electrons. The average Bonchev–Trinajstić information content (AvgIpc) is 3.06. The van der Waals surface area contributed by atoms with Gasteiger partial charge >= 0.3 is 0 Å². The predicted octanol–water partition coefficient (Wildman–Crippen LogP) is 3.54. The number of hydrogen-bond acceptors (Lipinski definition) is 7. The minimum Gasteiger partial charge on any atom is -0.374 e. The van der Waals surface area contributed by atoms with Gasteiger partial charge in [0.1, 0.15) is 5.01 Å². The fourth-order valence-corrected chi connectivity index (χ4v) is 4.08. The molecule has 0 saturated heterocycles. The monoisotopic (exact) mass is 306 g/mol. The summed E-state index contributed by atoms with van der Waals surface area (Å²) in [5.41, 5.74) is 6.71. The Balaban J connectivity index is 1.68. The summed E-state index contributed by atoms with van der Waals surface area (Å²) in [5.74, 6) is 0.846. The van der Waals surface area contributed by atoms with E-state index in [2.05, 4.69) is 27.3 Å². The Kier molecular flexibility index (Phi) is 3.77. The molecule has 2 aromatic heterocycles. The number of thioether (sulfide) groups is 1. The van der Waals surface area contributed by atoms with E-state index < -0.39 is 0 Å². The van der Waals surface area contributed by atoms with Crippen molar-refractivity contribution in [3.05, 3.63) is 41.4 Å². The quantitative estimate of drug-likeness (QED) is 0.747. The van der Waals surface area contributed by atoms with Gasteiger partial charge in [-0.3, -0.25) is 0 Å². The van der Waals surface area contributed by atoms with Gasteiger partial charge in [-0.05, 0) is 0 Å². The molecule has 19 heavy (non-hydrogen) atoms. The highest BCUT2D eigenvalue weighted by Crippen LogP contribution is 2.31. The van der Waals surface area contributed by atoms with Gasteiger partial charge in [-0.2, -0.15) is 0 Å². The van der Waals surface area contributed by atoms with Crippen molar-refractivity contribution < 1.29 is 0 Å². The Hall–Kier alpha value is -1.44. The molecule has 0 aliphatic heterocycles. The third-order valence-corrected chi connectivity index (χ3v) is 5.50. The number of nitrogens with zero attached hydrogens (tertiary/aromatic N) is 3. The molecule has 0 radical (unpaired) electrons. The van der Waals surface area contributed by atoms with Crippen molar-refractivity contribution in [2.75, 3.05) is 5.73 Å². The van der Waals surface area contributed by atoms with Gasteiger partial charge in [0.15, 0.2) is 4.34 Å². The second kappa shape index (κ2) is 5.68. The molecule has 1 aromatic carbocycles. The number of aromatic nitrogens is 3. The number of thiazole rings is 1. The van der Waals surface area contributed by atoms with Crippen LogP contribution in [0, 0.1) is 0 Å². The van der Waals surface area contributed by atoms with Crippen LogP contribution in [0.1, 0.15) is 4.88 Å². The number of anilines is 1. The van der Waals surface area contributed by atoms with Gasteiger partial charge in [-0.1, -0.05) is 53.4 Å². The van der Waals surface area contributed by atoms with E-state index in [1.807, 2.05) is 24.4 Å².